The summed E-state index contributed by atoms with van der Waals surface area (Å²) in [5, 5.41) is 2.63. The first-order chi connectivity index (χ1) is 13.8. The molecule has 2 N–H and O–H groups in total. The molecule has 8 heteroatoms. The second-order valence-corrected chi connectivity index (χ2v) is 9.21. The van der Waals surface area contributed by atoms with E-state index in [1.807, 2.05) is 12.1 Å². The van der Waals surface area contributed by atoms with Gasteiger partial charge in [0, 0.05) is 18.2 Å². The maximum atomic E-state index is 13.2. The number of nitrogens with zero attached hydrogens (tertiary/aromatic N) is 1. The van der Waals surface area contributed by atoms with E-state index in [1.165, 1.54) is 40.4 Å². The molecule has 1 fully saturated rings. The number of hydrogen-bond donors (Lipinski definition) is 2. The number of quaternary nitrogens is 1. The third kappa shape index (κ3) is 4.95. The lowest BCUT2D eigenvalue weighted by molar-refractivity contribution is -0.917. The number of piperazine rings is 1. The zero-order valence-electron chi connectivity index (χ0n) is 17.1. The largest absolute Gasteiger partial charge is 0.495 e. The molecule has 0 atom stereocenters. The Morgan fingerprint density at radius 1 is 1.17 bits per heavy atom. The van der Waals surface area contributed by atoms with Crippen LogP contribution in [-0.4, -0.2) is 51.9 Å². The van der Waals surface area contributed by atoms with Gasteiger partial charge >= 0.3 is 0 Å². The average molecular weight is 419 g/mol. The first-order valence-electron chi connectivity index (χ1n) is 9.65. The number of aryl methyl sites for hydroxylation is 1. The maximum Gasteiger partial charge on any atom is 0.247 e. The van der Waals surface area contributed by atoms with Crippen LogP contribution in [-0.2, 0) is 21.4 Å². The summed E-state index contributed by atoms with van der Waals surface area (Å²) in [6, 6.07) is 13.0. The Kier molecular flexibility index (Phi) is 6.56. The van der Waals surface area contributed by atoms with E-state index < -0.39 is 10.0 Å². The van der Waals surface area contributed by atoms with Crippen LogP contribution in [0.3, 0.4) is 0 Å². The van der Waals surface area contributed by atoms with Crippen LogP contribution >= 0.6 is 0 Å². The van der Waals surface area contributed by atoms with Gasteiger partial charge in [-0.25, -0.2) is 8.42 Å². The molecule has 1 aliphatic rings. The summed E-state index contributed by atoms with van der Waals surface area (Å²) < 4.78 is 33.3. The van der Waals surface area contributed by atoms with Gasteiger partial charge in [-0.05, 0) is 30.7 Å². The molecule has 7 nitrogen and oxygen atoms in total. The molecule has 1 saturated heterocycles. The molecule has 0 spiro atoms. The maximum absolute atomic E-state index is 13.2. The zero-order chi connectivity index (χ0) is 21.0. The predicted octanol–water partition coefficient (Wildman–Crippen LogP) is 1.05. The number of anilines is 1. The summed E-state index contributed by atoms with van der Waals surface area (Å²) >= 11 is 0. The SMILES string of the molecule is COc1ccc(NC(C)=O)cc1S(=O)(=O)N1CC[NH+](Cc2ccccc2C)CC1. The Morgan fingerprint density at radius 2 is 1.86 bits per heavy atom. The van der Waals surface area contributed by atoms with E-state index in [4.69, 9.17) is 4.74 Å². The van der Waals surface area contributed by atoms with Gasteiger partial charge in [0.1, 0.15) is 17.2 Å². The molecule has 29 heavy (non-hydrogen) atoms. The highest BCUT2D eigenvalue weighted by atomic mass is 32.2. The smallest absolute Gasteiger partial charge is 0.247 e. The van der Waals surface area contributed by atoms with Crippen LogP contribution in [0.4, 0.5) is 5.69 Å². The van der Waals surface area contributed by atoms with Crippen molar-refractivity contribution >= 4 is 21.6 Å². The molecule has 3 rings (SSSR count). The van der Waals surface area contributed by atoms with Gasteiger partial charge in [-0.2, -0.15) is 4.31 Å². The number of hydrogen-bond acceptors (Lipinski definition) is 4. The third-order valence-corrected chi connectivity index (χ3v) is 7.15. The van der Waals surface area contributed by atoms with E-state index in [0.717, 1.165) is 19.6 Å². The molecule has 2 aromatic rings. The summed E-state index contributed by atoms with van der Waals surface area (Å²) in [6.45, 7) is 6.73. The van der Waals surface area contributed by atoms with Crippen LogP contribution in [0.15, 0.2) is 47.4 Å². The normalized spacial score (nSPS) is 15.8. The summed E-state index contributed by atoms with van der Waals surface area (Å²) in [7, 11) is -2.28. The Hall–Kier alpha value is -2.42. The first kappa shape index (κ1) is 21.3. The topological polar surface area (TPSA) is 80.1 Å². The van der Waals surface area contributed by atoms with E-state index in [2.05, 4.69) is 24.4 Å². The van der Waals surface area contributed by atoms with Crippen molar-refractivity contribution in [3.05, 3.63) is 53.6 Å². The fourth-order valence-corrected chi connectivity index (χ4v) is 5.22. The highest BCUT2D eigenvalue weighted by Crippen LogP contribution is 2.29. The van der Waals surface area contributed by atoms with Crippen molar-refractivity contribution in [2.75, 3.05) is 38.6 Å². The van der Waals surface area contributed by atoms with Crippen molar-refractivity contribution in [3.8, 4) is 5.75 Å². The number of amides is 1. The lowest BCUT2D eigenvalue weighted by Gasteiger charge is -2.32. The Morgan fingerprint density at radius 3 is 2.48 bits per heavy atom. The molecular weight excluding hydrogens is 390 g/mol. The Bertz CT molecular complexity index is 983. The predicted molar refractivity (Wildman–Crippen MR) is 112 cm³/mol. The lowest BCUT2D eigenvalue weighted by atomic mass is 10.1. The van der Waals surface area contributed by atoms with E-state index in [1.54, 1.807) is 12.1 Å². The summed E-state index contributed by atoms with van der Waals surface area (Å²) in [6.07, 6.45) is 0. The standard InChI is InChI=1S/C21H27N3O4S/c1-16-6-4-5-7-18(16)15-23-10-12-24(13-11-23)29(26,27)21-14-19(22-17(2)25)8-9-20(21)28-3/h4-9,14H,10-13,15H2,1-3H3,(H,22,25)/p+1. The highest BCUT2D eigenvalue weighted by molar-refractivity contribution is 7.89. The number of rotatable bonds is 6. The number of carbonyl (C=O) groups is 1. The van der Waals surface area contributed by atoms with Crippen molar-refractivity contribution in [1.82, 2.24) is 4.31 Å². The van der Waals surface area contributed by atoms with Crippen LogP contribution < -0.4 is 15.0 Å². The quantitative estimate of drug-likeness (QED) is 0.735. The average Bonchev–Trinajstić information content (AvgIpc) is 2.69. The minimum atomic E-state index is -3.72. The van der Waals surface area contributed by atoms with Crippen LogP contribution in [0.1, 0.15) is 18.1 Å². The number of carbonyl (C=O) groups excluding carboxylic acids is 1. The molecule has 0 aliphatic carbocycles. The Labute approximate surface area is 172 Å². The molecule has 0 bridgehead atoms. The number of ether oxygens (including phenoxy) is 1. The molecule has 1 aliphatic heterocycles. The second kappa shape index (κ2) is 8.94. The van der Waals surface area contributed by atoms with Gasteiger partial charge in [-0.3, -0.25) is 4.79 Å². The lowest BCUT2D eigenvalue weighted by Crippen LogP contribution is -3.13. The van der Waals surface area contributed by atoms with Gasteiger partial charge in [0.25, 0.3) is 0 Å². The van der Waals surface area contributed by atoms with Crippen LogP contribution in [0.25, 0.3) is 0 Å². The van der Waals surface area contributed by atoms with Gasteiger partial charge in [0.15, 0.2) is 0 Å². The van der Waals surface area contributed by atoms with Gasteiger partial charge in [0.2, 0.25) is 15.9 Å². The molecule has 1 heterocycles. The fourth-order valence-electron chi connectivity index (χ4n) is 3.60. The van der Waals surface area contributed by atoms with Crippen molar-refractivity contribution in [2.45, 2.75) is 25.3 Å². The molecule has 2 aromatic carbocycles. The second-order valence-electron chi connectivity index (χ2n) is 7.30. The summed E-state index contributed by atoms with van der Waals surface area (Å²) in [5.41, 5.74) is 2.98. The molecular formula is C21H28N3O4S+. The number of nitrogens with one attached hydrogen (secondary N) is 2. The highest BCUT2D eigenvalue weighted by Gasteiger charge is 2.32. The molecule has 156 valence electrons. The first-order valence-corrected chi connectivity index (χ1v) is 11.1. The molecule has 1 amide bonds. The van der Waals surface area contributed by atoms with Crippen molar-refractivity contribution in [2.24, 2.45) is 0 Å². The van der Waals surface area contributed by atoms with E-state index in [9.17, 15) is 13.2 Å². The van der Waals surface area contributed by atoms with Crippen LogP contribution in [0, 0.1) is 6.92 Å². The van der Waals surface area contributed by atoms with E-state index in [0.29, 0.717) is 18.8 Å². The van der Waals surface area contributed by atoms with Crippen LogP contribution in [0.2, 0.25) is 0 Å². The minimum absolute atomic E-state index is 0.0774. The zero-order valence-corrected chi connectivity index (χ0v) is 17.9. The number of methoxy groups -OCH3 is 1. The summed E-state index contributed by atoms with van der Waals surface area (Å²) in [5.74, 6) is 0.0146. The monoisotopic (exact) mass is 418 g/mol. The molecule has 0 radical (unpaired) electrons. The van der Waals surface area contributed by atoms with Crippen LogP contribution in [0.5, 0.6) is 5.75 Å². The van der Waals surface area contributed by atoms with E-state index in [-0.39, 0.29) is 16.6 Å². The van der Waals surface area contributed by atoms with Gasteiger partial charge in [-0.1, -0.05) is 24.3 Å². The molecule has 0 unspecified atom stereocenters. The molecule has 0 aromatic heterocycles. The molecule has 0 saturated carbocycles. The summed E-state index contributed by atoms with van der Waals surface area (Å²) in [4.78, 5) is 12.8. The minimum Gasteiger partial charge on any atom is -0.495 e. The fraction of sp³-hybridized carbons (Fsp3) is 0.381. The van der Waals surface area contributed by atoms with Gasteiger partial charge < -0.3 is 15.0 Å². The third-order valence-electron chi connectivity index (χ3n) is 5.23. The van der Waals surface area contributed by atoms with E-state index >= 15 is 0 Å². The van der Waals surface area contributed by atoms with Crippen molar-refractivity contribution in [1.29, 1.82) is 0 Å². The van der Waals surface area contributed by atoms with Gasteiger partial charge in [-0.15, -0.1) is 0 Å². The number of benzene rings is 2. The Balaban J connectivity index is 1.74. The van der Waals surface area contributed by atoms with Gasteiger partial charge in [0.05, 0.1) is 33.3 Å². The van der Waals surface area contributed by atoms with Crippen molar-refractivity contribution < 1.29 is 22.8 Å². The van der Waals surface area contributed by atoms with Crippen molar-refractivity contribution in [3.63, 3.8) is 0 Å². The number of sulfonamides is 1.